The largest absolute Gasteiger partial charge is 0.507 e. The number of hydrogen-bond donors (Lipinski definition) is 5. The van der Waals surface area contributed by atoms with Crippen LogP contribution in [0.5, 0.6) is 23.0 Å². The molecule has 2 aromatic carbocycles. The van der Waals surface area contributed by atoms with E-state index < -0.39 is 83.0 Å². The number of rotatable bonds is 2. The summed E-state index contributed by atoms with van der Waals surface area (Å²) in [5, 5.41) is 48.8. The van der Waals surface area contributed by atoms with Gasteiger partial charge < -0.3 is 49.4 Å². The number of aliphatic hydroxyl groups excluding tert-OH is 2. The fraction of sp³-hybridized carbons (Fsp3) is 0.500. The number of phenolic OH excluding ortho intramolecular Hbond substituents is 2. The number of Topliss-reactive ketones (excluding diaryl/α,β-unsaturated/α-hetero) is 1. The molecule has 14 nitrogen and oxygen atoms in total. The van der Waals surface area contributed by atoms with Gasteiger partial charge in [-0.15, -0.1) is 0 Å². The van der Waals surface area contributed by atoms with Gasteiger partial charge in [0.15, 0.2) is 17.7 Å². The Morgan fingerprint density at radius 2 is 1.67 bits per heavy atom. The Hall–Kier alpha value is -4.92. The zero-order chi connectivity index (χ0) is 40.0. The van der Waals surface area contributed by atoms with E-state index in [1.165, 1.54) is 40.2 Å². The molecule has 3 aliphatic heterocycles. The molecule has 0 aromatic heterocycles. The molecule has 0 saturated carbocycles. The molecule has 0 saturated heterocycles. The molecule has 2 aromatic rings. The minimum Gasteiger partial charge on any atom is -0.507 e. The summed E-state index contributed by atoms with van der Waals surface area (Å²) in [6, 6.07) is 0. The minimum absolute atomic E-state index is 0.00840. The Morgan fingerprint density at radius 1 is 0.981 bits per heavy atom. The monoisotopic (exact) mass is 751 g/mol. The van der Waals surface area contributed by atoms with Crippen LogP contribution in [0.1, 0.15) is 70.0 Å². The predicted octanol–water partition coefficient (Wildman–Crippen LogP) is 4.46. The summed E-state index contributed by atoms with van der Waals surface area (Å²) in [6.07, 6.45) is 5.52. The van der Waals surface area contributed by atoms with Crippen molar-refractivity contribution in [2.75, 3.05) is 26.2 Å². The first-order chi connectivity index (χ1) is 25.3. The van der Waals surface area contributed by atoms with E-state index in [4.69, 9.17) is 23.7 Å². The number of aromatic hydroxyl groups is 2. The van der Waals surface area contributed by atoms with Gasteiger partial charge in [0.25, 0.3) is 18.4 Å². The number of aliphatic hydroxyl groups is 2. The lowest BCUT2D eigenvalue weighted by Gasteiger charge is -2.38. The third-order valence-corrected chi connectivity index (χ3v) is 10.8. The third kappa shape index (κ3) is 7.17. The lowest BCUT2D eigenvalue weighted by Crippen LogP contribution is -2.46. The molecule has 0 fully saturated rings. The molecule has 0 spiro atoms. The van der Waals surface area contributed by atoms with Crippen LogP contribution in [0.2, 0.25) is 0 Å². The molecule has 292 valence electrons. The number of fused-ring (bicyclic) bond motifs is 1. The highest BCUT2D eigenvalue weighted by molar-refractivity contribution is 6.23. The number of ketones is 1. The summed E-state index contributed by atoms with van der Waals surface area (Å²) in [6.45, 7) is 12.8. The average molecular weight is 752 g/mol. The topological polar surface area (TPSA) is 193 Å². The van der Waals surface area contributed by atoms with Crippen molar-refractivity contribution in [1.82, 2.24) is 0 Å². The molecule has 14 heteroatoms. The van der Waals surface area contributed by atoms with Crippen molar-refractivity contribution in [2.24, 2.45) is 23.7 Å². The molecule has 0 radical (unpaired) electrons. The second kappa shape index (κ2) is 15.4. The number of nitrogens with zero attached hydrogens (tertiary/aromatic N) is 1. The molecule has 54 heavy (non-hydrogen) atoms. The van der Waals surface area contributed by atoms with E-state index in [0.717, 1.165) is 0 Å². The molecular weight excluding hydrogens is 700 g/mol. The zero-order valence-electron chi connectivity index (χ0n) is 32.3. The van der Waals surface area contributed by atoms with Crippen LogP contribution in [0, 0.1) is 30.6 Å². The van der Waals surface area contributed by atoms with Gasteiger partial charge in [0.05, 0.1) is 35.5 Å². The first-order valence-corrected chi connectivity index (χ1v) is 17.9. The first-order valence-electron chi connectivity index (χ1n) is 17.9. The standard InChI is InChI=1S/C40H50N2O12/c1-18-12-11-13-19(2)39(49)41-30-25-16-42(9)17-51-37(25)27-28(34(30)47)33(46)23(6)36-29(27)38(48)40(8,54-36)52-15-14-26(50-10)20(3)35(53-24(7)43)22(5)32(45)21(4)31(18)44/h11-16,18,20-22,26,31-32,35,44-45H,17H2,1-10H3,(H2,46,47,48)/p+1/b12-11-,15-14+,19-13+,41-30?. The summed E-state index contributed by atoms with van der Waals surface area (Å²) in [5.74, 6) is -6.80. The quantitative estimate of drug-likeness (QED) is 0.165. The molecule has 5 rings (SSSR count). The molecule has 1 amide bonds. The number of carbonyl (C=O) groups excluding carboxylic acids is 3. The Balaban J connectivity index is 1.70. The van der Waals surface area contributed by atoms with E-state index in [9.17, 15) is 34.8 Å². The van der Waals surface area contributed by atoms with Crippen LogP contribution >= 0.6 is 0 Å². The lowest BCUT2D eigenvalue weighted by molar-refractivity contribution is -0.527. The normalized spacial score (nSPS) is 32.7. The highest BCUT2D eigenvalue weighted by Gasteiger charge is 2.50. The number of methoxy groups -OCH3 is 1. The van der Waals surface area contributed by atoms with Crippen LogP contribution in [0.3, 0.4) is 0 Å². The SMILES string of the molecule is COC1/C=C/OC2(C)Oc3c(C)c(O)c4c(O)c(c5c(c4c3C2=O)OC[N+](C)=C5)NC(=O)/C(C)=C/C=C\C(C)C(O)C(C)C(O)C(C)C(OC(C)=O)C1C. The zero-order valence-corrected chi connectivity index (χ0v) is 32.3. The number of benzene rings is 2. The van der Waals surface area contributed by atoms with E-state index in [1.54, 1.807) is 70.7 Å². The van der Waals surface area contributed by atoms with E-state index >= 15 is 0 Å². The number of hydrogen-bond acceptors (Lipinski definition) is 12. The Bertz CT molecular complexity index is 1980. The molecule has 5 N–H and O–H groups in total. The van der Waals surface area contributed by atoms with Gasteiger partial charge in [-0.05, 0) is 19.9 Å². The first kappa shape index (κ1) is 40.3. The van der Waals surface area contributed by atoms with Gasteiger partial charge in [-0.25, -0.2) is 4.58 Å². The van der Waals surface area contributed by atoms with Crippen LogP contribution in [0.25, 0.3) is 10.8 Å². The number of anilines is 1. The van der Waals surface area contributed by atoms with Crippen molar-refractivity contribution in [2.45, 2.75) is 85.6 Å². The number of ether oxygens (including phenoxy) is 5. The summed E-state index contributed by atoms with van der Waals surface area (Å²) >= 11 is 0. The number of esters is 1. The fourth-order valence-corrected chi connectivity index (χ4v) is 7.43. The number of phenols is 2. The summed E-state index contributed by atoms with van der Waals surface area (Å²) in [5.41, 5.74) is 0.603. The Labute approximate surface area is 314 Å². The Kier molecular flexibility index (Phi) is 11.5. The maximum atomic E-state index is 14.4. The van der Waals surface area contributed by atoms with Gasteiger partial charge in [-0.2, -0.15) is 0 Å². The van der Waals surface area contributed by atoms with Crippen molar-refractivity contribution in [3.05, 3.63) is 52.8 Å². The summed E-state index contributed by atoms with van der Waals surface area (Å²) in [4.78, 5) is 40.2. The molecule has 3 aliphatic rings. The van der Waals surface area contributed by atoms with Crippen molar-refractivity contribution in [3.63, 3.8) is 0 Å². The molecule has 9 unspecified atom stereocenters. The third-order valence-electron chi connectivity index (χ3n) is 10.8. The maximum absolute atomic E-state index is 14.4. The van der Waals surface area contributed by atoms with Gasteiger partial charge in [-0.1, -0.05) is 45.9 Å². The highest BCUT2D eigenvalue weighted by Crippen LogP contribution is 2.55. The molecule has 4 bridgehead atoms. The van der Waals surface area contributed by atoms with Gasteiger partial charge >= 0.3 is 11.8 Å². The number of amides is 1. The summed E-state index contributed by atoms with van der Waals surface area (Å²) < 4.78 is 31.4. The second-order valence-corrected chi connectivity index (χ2v) is 14.8. The van der Waals surface area contributed by atoms with Crippen molar-refractivity contribution in [1.29, 1.82) is 0 Å². The highest BCUT2D eigenvalue weighted by atomic mass is 16.7. The second-order valence-electron chi connectivity index (χ2n) is 14.8. The van der Waals surface area contributed by atoms with Gasteiger partial charge in [0.1, 0.15) is 35.9 Å². The molecule has 0 aliphatic carbocycles. The molecular formula is C40H51N2O12+. The van der Waals surface area contributed by atoms with Crippen LogP contribution in [0.4, 0.5) is 5.69 Å². The van der Waals surface area contributed by atoms with Crippen LogP contribution in [-0.4, -0.2) is 100.0 Å². The number of nitrogens with one attached hydrogen (secondary N) is 1. The summed E-state index contributed by atoms with van der Waals surface area (Å²) in [7, 11) is 3.18. The predicted molar refractivity (Wildman–Crippen MR) is 199 cm³/mol. The fourth-order valence-electron chi connectivity index (χ4n) is 7.43. The molecule has 3 heterocycles. The van der Waals surface area contributed by atoms with Gasteiger partial charge in [-0.3, -0.25) is 14.4 Å². The number of allylic oxidation sites excluding steroid dienone is 2. The Morgan fingerprint density at radius 3 is 2.31 bits per heavy atom. The van der Waals surface area contributed by atoms with E-state index in [0.29, 0.717) is 0 Å². The van der Waals surface area contributed by atoms with E-state index in [2.05, 4.69) is 5.32 Å². The van der Waals surface area contributed by atoms with Crippen LogP contribution in [0.15, 0.2) is 36.1 Å². The van der Waals surface area contributed by atoms with Gasteiger partial charge in [0.2, 0.25) is 0 Å². The minimum atomic E-state index is -1.94. The van der Waals surface area contributed by atoms with Crippen LogP contribution < -0.4 is 14.8 Å². The average Bonchev–Trinajstić information content (AvgIpc) is 3.39. The molecule has 9 atom stereocenters. The van der Waals surface area contributed by atoms with Crippen LogP contribution in [-0.2, 0) is 23.8 Å². The maximum Gasteiger partial charge on any atom is 0.312 e. The lowest BCUT2D eigenvalue weighted by atomic mass is 9.78. The van der Waals surface area contributed by atoms with Crippen molar-refractivity contribution in [3.8, 4) is 23.0 Å². The van der Waals surface area contributed by atoms with Crippen molar-refractivity contribution < 1.29 is 63.1 Å². The van der Waals surface area contributed by atoms with E-state index in [1.807, 2.05) is 0 Å². The number of carbonyl (C=O) groups is 3. The van der Waals surface area contributed by atoms with E-state index in [-0.39, 0.29) is 57.0 Å². The smallest absolute Gasteiger partial charge is 0.312 e. The van der Waals surface area contributed by atoms with Gasteiger partial charge in [0, 0.05) is 61.2 Å². The van der Waals surface area contributed by atoms with Crippen molar-refractivity contribution >= 4 is 40.3 Å².